The highest BCUT2D eigenvalue weighted by Crippen LogP contribution is 2.27. The van der Waals surface area contributed by atoms with E-state index in [1.54, 1.807) is 11.3 Å². The third-order valence-electron chi connectivity index (χ3n) is 2.14. The van der Waals surface area contributed by atoms with Crippen LogP contribution in [-0.4, -0.2) is 18.1 Å². The van der Waals surface area contributed by atoms with E-state index < -0.39 is 0 Å². The van der Waals surface area contributed by atoms with Crippen LogP contribution in [-0.2, 0) is 0 Å². The van der Waals surface area contributed by atoms with Gasteiger partial charge in [-0.3, -0.25) is 0 Å². The molecular formula is C8H11ClN2S. The Balaban J connectivity index is 2.08. The first kappa shape index (κ1) is 8.48. The van der Waals surface area contributed by atoms with E-state index >= 15 is 0 Å². The van der Waals surface area contributed by atoms with Crippen molar-refractivity contribution in [2.24, 2.45) is 0 Å². The van der Waals surface area contributed by atoms with E-state index in [9.17, 15) is 0 Å². The van der Waals surface area contributed by atoms with Crippen LogP contribution < -0.4 is 5.32 Å². The Bertz CT molecular complexity index is 255. The molecule has 66 valence electrons. The zero-order valence-corrected chi connectivity index (χ0v) is 8.29. The first-order valence-corrected chi connectivity index (χ1v) is 5.43. The van der Waals surface area contributed by atoms with Crippen molar-refractivity contribution in [1.82, 2.24) is 10.3 Å². The molecule has 2 nitrogen and oxygen atoms in total. The SMILES string of the molecule is Clc1csc(C2CCCNC2)n1. The van der Waals surface area contributed by atoms with Crippen LogP contribution in [0.3, 0.4) is 0 Å². The van der Waals surface area contributed by atoms with Gasteiger partial charge in [0.05, 0.1) is 5.01 Å². The number of piperidine rings is 1. The molecule has 1 fully saturated rings. The summed E-state index contributed by atoms with van der Waals surface area (Å²) in [5.41, 5.74) is 0. The zero-order valence-electron chi connectivity index (χ0n) is 6.72. The largest absolute Gasteiger partial charge is 0.316 e. The summed E-state index contributed by atoms with van der Waals surface area (Å²) in [5, 5.41) is 7.10. The number of hydrogen-bond donors (Lipinski definition) is 1. The highest BCUT2D eigenvalue weighted by atomic mass is 35.5. The summed E-state index contributed by atoms with van der Waals surface area (Å²) >= 11 is 7.43. The molecule has 1 aliphatic heterocycles. The third-order valence-corrected chi connectivity index (χ3v) is 3.47. The standard InChI is InChI=1S/C8H11ClN2S/c9-7-5-12-8(11-7)6-2-1-3-10-4-6/h5-6,10H,1-4H2. The van der Waals surface area contributed by atoms with Gasteiger partial charge in [-0.15, -0.1) is 11.3 Å². The molecule has 2 heterocycles. The number of aromatic nitrogens is 1. The smallest absolute Gasteiger partial charge is 0.140 e. The van der Waals surface area contributed by atoms with Crippen molar-refractivity contribution in [3.63, 3.8) is 0 Å². The van der Waals surface area contributed by atoms with Gasteiger partial charge in [0.15, 0.2) is 0 Å². The Kier molecular flexibility index (Phi) is 2.63. The summed E-state index contributed by atoms with van der Waals surface area (Å²) in [4.78, 5) is 4.28. The molecule has 12 heavy (non-hydrogen) atoms. The Morgan fingerprint density at radius 1 is 1.67 bits per heavy atom. The van der Waals surface area contributed by atoms with Gasteiger partial charge in [-0.25, -0.2) is 4.98 Å². The lowest BCUT2D eigenvalue weighted by Gasteiger charge is -2.20. The molecule has 1 N–H and O–H groups in total. The van der Waals surface area contributed by atoms with E-state index in [1.165, 1.54) is 17.8 Å². The van der Waals surface area contributed by atoms with Crippen molar-refractivity contribution in [2.75, 3.05) is 13.1 Å². The number of hydrogen-bond acceptors (Lipinski definition) is 3. The predicted molar refractivity (Wildman–Crippen MR) is 52.0 cm³/mol. The molecule has 1 saturated heterocycles. The van der Waals surface area contributed by atoms with Crippen molar-refractivity contribution in [3.8, 4) is 0 Å². The number of halogens is 1. The maximum absolute atomic E-state index is 5.76. The Hall–Kier alpha value is -0.120. The highest BCUT2D eigenvalue weighted by Gasteiger charge is 2.17. The molecule has 4 heteroatoms. The molecule has 0 amide bonds. The van der Waals surface area contributed by atoms with Gasteiger partial charge in [0.2, 0.25) is 0 Å². The van der Waals surface area contributed by atoms with Gasteiger partial charge in [0.1, 0.15) is 5.15 Å². The molecule has 0 spiro atoms. The molecule has 1 aliphatic rings. The summed E-state index contributed by atoms with van der Waals surface area (Å²) in [5.74, 6) is 0.594. The monoisotopic (exact) mass is 202 g/mol. The lowest BCUT2D eigenvalue weighted by molar-refractivity contribution is 0.460. The molecule has 0 saturated carbocycles. The van der Waals surface area contributed by atoms with Gasteiger partial charge in [-0.1, -0.05) is 11.6 Å². The molecule has 1 unspecified atom stereocenters. The van der Waals surface area contributed by atoms with Gasteiger partial charge in [-0.05, 0) is 19.4 Å². The van der Waals surface area contributed by atoms with E-state index in [0.717, 1.165) is 13.1 Å². The molecular weight excluding hydrogens is 192 g/mol. The number of thiazole rings is 1. The second-order valence-corrected chi connectivity index (χ2v) is 4.33. The molecule has 1 atom stereocenters. The van der Waals surface area contributed by atoms with Gasteiger partial charge in [0.25, 0.3) is 0 Å². The minimum absolute atomic E-state index is 0.594. The summed E-state index contributed by atoms with van der Waals surface area (Å²) < 4.78 is 0. The third kappa shape index (κ3) is 1.79. The average molecular weight is 203 g/mol. The average Bonchev–Trinajstić information content (AvgIpc) is 2.54. The summed E-state index contributed by atoms with van der Waals surface area (Å²) in [6.07, 6.45) is 2.50. The van der Waals surface area contributed by atoms with Gasteiger partial charge in [-0.2, -0.15) is 0 Å². The maximum Gasteiger partial charge on any atom is 0.140 e. The van der Waals surface area contributed by atoms with Crippen molar-refractivity contribution in [2.45, 2.75) is 18.8 Å². The fraction of sp³-hybridized carbons (Fsp3) is 0.625. The van der Waals surface area contributed by atoms with Crippen LogP contribution in [0.4, 0.5) is 0 Å². The molecule has 1 aromatic heterocycles. The Labute approximate surface area is 81.0 Å². The summed E-state index contributed by atoms with van der Waals surface area (Å²) in [6, 6.07) is 0. The Morgan fingerprint density at radius 3 is 3.17 bits per heavy atom. The fourth-order valence-electron chi connectivity index (χ4n) is 1.52. The van der Waals surface area contributed by atoms with Gasteiger partial charge >= 0.3 is 0 Å². The molecule has 0 bridgehead atoms. The van der Waals surface area contributed by atoms with E-state index in [1.807, 2.05) is 5.38 Å². The second kappa shape index (κ2) is 3.73. The quantitative estimate of drug-likeness (QED) is 0.756. The van der Waals surface area contributed by atoms with E-state index in [0.29, 0.717) is 11.1 Å². The normalized spacial score (nSPS) is 24.2. The van der Waals surface area contributed by atoms with Gasteiger partial charge in [0, 0.05) is 17.8 Å². The topological polar surface area (TPSA) is 24.9 Å². The van der Waals surface area contributed by atoms with E-state index in [-0.39, 0.29) is 0 Å². The molecule has 0 aromatic carbocycles. The Morgan fingerprint density at radius 2 is 2.58 bits per heavy atom. The second-order valence-electron chi connectivity index (χ2n) is 3.05. The number of rotatable bonds is 1. The molecule has 2 rings (SSSR count). The first-order valence-electron chi connectivity index (χ1n) is 4.18. The maximum atomic E-state index is 5.76. The number of nitrogens with zero attached hydrogens (tertiary/aromatic N) is 1. The van der Waals surface area contributed by atoms with Crippen LogP contribution in [0.15, 0.2) is 5.38 Å². The van der Waals surface area contributed by atoms with Crippen molar-refractivity contribution in [1.29, 1.82) is 0 Å². The van der Waals surface area contributed by atoms with Crippen LogP contribution in [0.25, 0.3) is 0 Å². The van der Waals surface area contributed by atoms with Crippen molar-refractivity contribution in [3.05, 3.63) is 15.5 Å². The summed E-state index contributed by atoms with van der Waals surface area (Å²) in [7, 11) is 0. The minimum Gasteiger partial charge on any atom is -0.316 e. The van der Waals surface area contributed by atoms with Crippen LogP contribution in [0.1, 0.15) is 23.8 Å². The fourth-order valence-corrected chi connectivity index (χ4v) is 2.61. The van der Waals surface area contributed by atoms with Crippen LogP contribution in [0, 0.1) is 0 Å². The predicted octanol–water partition coefficient (Wildman–Crippen LogP) is 2.26. The van der Waals surface area contributed by atoms with Crippen molar-refractivity contribution < 1.29 is 0 Å². The highest BCUT2D eigenvalue weighted by molar-refractivity contribution is 7.10. The van der Waals surface area contributed by atoms with Crippen molar-refractivity contribution >= 4 is 22.9 Å². The van der Waals surface area contributed by atoms with E-state index in [4.69, 9.17) is 11.6 Å². The summed E-state index contributed by atoms with van der Waals surface area (Å²) in [6.45, 7) is 2.21. The lowest BCUT2D eigenvalue weighted by Crippen LogP contribution is -2.28. The van der Waals surface area contributed by atoms with Crippen LogP contribution in [0.5, 0.6) is 0 Å². The van der Waals surface area contributed by atoms with E-state index in [2.05, 4.69) is 10.3 Å². The number of nitrogens with one attached hydrogen (secondary N) is 1. The molecule has 0 aliphatic carbocycles. The molecule has 1 aromatic rings. The lowest BCUT2D eigenvalue weighted by atomic mass is 10.0. The molecule has 0 radical (unpaired) electrons. The zero-order chi connectivity index (χ0) is 8.39. The van der Waals surface area contributed by atoms with Crippen LogP contribution in [0.2, 0.25) is 5.15 Å². The first-order chi connectivity index (χ1) is 5.86. The van der Waals surface area contributed by atoms with Crippen LogP contribution >= 0.6 is 22.9 Å². The minimum atomic E-state index is 0.594. The van der Waals surface area contributed by atoms with Gasteiger partial charge < -0.3 is 5.32 Å².